The van der Waals surface area contributed by atoms with E-state index in [0.29, 0.717) is 0 Å². The molecule has 0 bridgehead atoms. The maximum Gasteiger partial charge on any atom is 0.320 e. The van der Waals surface area contributed by atoms with Crippen LogP contribution < -0.4 is 11.1 Å². The SMILES string of the molecule is CCc1cccc(NC(=O)CC[C@H](N)C(=O)O)c1. The van der Waals surface area contributed by atoms with Gasteiger partial charge in [-0.25, -0.2) is 0 Å². The van der Waals surface area contributed by atoms with Crippen LogP contribution in [0.3, 0.4) is 0 Å². The van der Waals surface area contributed by atoms with Crippen molar-refractivity contribution in [1.82, 2.24) is 0 Å². The topological polar surface area (TPSA) is 92.4 Å². The maximum atomic E-state index is 11.6. The van der Waals surface area contributed by atoms with E-state index in [1.165, 1.54) is 0 Å². The van der Waals surface area contributed by atoms with Crippen LogP contribution in [0, 0.1) is 0 Å². The standard InChI is InChI=1S/C13H18N2O3/c1-2-9-4-3-5-10(8-9)15-12(16)7-6-11(14)13(17)18/h3-5,8,11H,2,6-7,14H2,1H3,(H,15,16)(H,17,18)/t11-/m0/s1. The molecule has 1 atom stereocenters. The molecule has 18 heavy (non-hydrogen) atoms. The predicted octanol–water partition coefficient (Wildman–Crippen LogP) is 1.38. The van der Waals surface area contributed by atoms with Crippen molar-refractivity contribution in [2.75, 3.05) is 5.32 Å². The number of hydrogen-bond acceptors (Lipinski definition) is 3. The van der Waals surface area contributed by atoms with Crippen LogP contribution in [0.2, 0.25) is 0 Å². The van der Waals surface area contributed by atoms with Crippen molar-refractivity contribution < 1.29 is 14.7 Å². The molecule has 4 N–H and O–H groups in total. The number of carboxylic acids is 1. The number of rotatable bonds is 6. The molecule has 0 heterocycles. The largest absolute Gasteiger partial charge is 0.480 e. The molecule has 0 radical (unpaired) electrons. The number of aryl methyl sites for hydroxylation is 1. The van der Waals surface area contributed by atoms with Crippen LogP contribution in [-0.4, -0.2) is 23.0 Å². The summed E-state index contributed by atoms with van der Waals surface area (Å²) in [6.07, 6.45) is 1.13. The minimum absolute atomic E-state index is 0.101. The van der Waals surface area contributed by atoms with Crippen LogP contribution in [0.4, 0.5) is 5.69 Å². The summed E-state index contributed by atoms with van der Waals surface area (Å²) >= 11 is 0. The molecule has 0 aromatic heterocycles. The number of nitrogens with one attached hydrogen (secondary N) is 1. The quantitative estimate of drug-likeness (QED) is 0.711. The summed E-state index contributed by atoms with van der Waals surface area (Å²) in [5.41, 5.74) is 7.18. The van der Waals surface area contributed by atoms with Gasteiger partial charge in [0.15, 0.2) is 0 Å². The van der Waals surface area contributed by atoms with Crippen molar-refractivity contribution in [3.63, 3.8) is 0 Å². The highest BCUT2D eigenvalue weighted by molar-refractivity contribution is 5.91. The number of amides is 1. The molecule has 0 aliphatic rings. The summed E-state index contributed by atoms with van der Waals surface area (Å²) in [4.78, 5) is 22.1. The second-order valence-electron chi connectivity index (χ2n) is 4.09. The van der Waals surface area contributed by atoms with Gasteiger partial charge < -0.3 is 16.2 Å². The van der Waals surface area contributed by atoms with Crippen molar-refractivity contribution in [3.05, 3.63) is 29.8 Å². The van der Waals surface area contributed by atoms with E-state index < -0.39 is 12.0 Å². The van der Waals surface area contributed by atoms with Crippen molar-refractivity contribution in [1.29, 1.82) is 0 Å². The minimum Gasteiger partial charge on any atom is -0.480 e. The summed E-state index contributed by atoms with van der Waals surface area (Å²) in [6.45, 7) is 2.03. The second-order valence-corrected chi connectivity index (χ2v) is 4.09. The van der Waals surface area contributed by atoms with E-state index in [9.17, 15) is 9.59 Å². The molecule has 5 heteroatoms. The molecule has 0 saturated heterocycles. The molecule has 1 amide bonds. The zero-order valence-electron chi connectivity index (χ0n) is 10.3. The normalized spacial score (nSPS) is 11.9. The van der Waals surface area contributed by atoms with Gasteiger partial charge >= 0.3 is 5.97 Å². The van der Waals surface area contributed by atoms with E-state index in [1.54, 1.807) is 6.07 Å². The molecule has 0 unspecified atom stereocenters. The fourth-order valence-electron chi connectivity index (χ4n) is 1.50. The Labute approximate surface area is 106 Å². The summed E-state index contributed by atoms with van der Waals surface area (Å²) in [7, 11) is 0. The fourth-order valence-corrected chi connectivity index (χ4v) is 1.50. The minimum atomic E-state index is -1.09. The van der Waals surface area contributed by atoms with Crippen LogP contribution in [0.1, 0.15) is 25.3 Å². The highest BCUT2D eigenvalue weighted by Gasteiger charge is 2.13. The Morgan fingerprint density at radius 3 is 2.78 bits per heavy atom. The van der Waals surface area contributed by atoms with Gasteiger partial charge in [-0.1, -0.05) is 19.1 Å². The Kier molecular flexibility index (Phi) is 5.32. The highest BCUT2D eigenvalue weighted by atomic mass is 16.4. The first kappa shape index (κ1) is 14.2. The molecule has 0 spiro atoms. The third-order valence-electron chi connectivity index (χ3n) is 2.62. The first-order valence-corrected chi connectivity index (χ1v) is 5.90. The molecule has 0 fully saturated rings. The van der Waals surface area contributed by atoms with Gasteiger partial charge in [-0.2, -0.15) is 0 Å². The first-order valence-electron chi connectivity index (χ1n) is 5.90. The van der Waals surface area contributed by atoms with E-state index in [-0.39, 0.29) is 18.7 Å². The van der Waals surface area contributed by atoms with Gasteiger partial charge in [-0.05, 0) is 30.5 Å². The Hall–Kier alpha value is -1.88. The molecule has 0 saturated carbocycles. The molecular weight excluding hydrogens is 232 g/mol. The summed E-state index contributed by atoms with van der Waals surface area (Å²) in [5.74, 6) is -1.31. The van der Waals surface area contributed by atoms with Crippen LogP contribution in [-0.2, 0) is 16.0 Å². The number of carbonyl (C=O) groups excluding carboxylic acids is 1. The van der Waals surface area contributed by atoms with Gasteiger partial charge in [0, 0.05) is 12.1 Å². The van der Waals surface area contributed by atoms with Crippen molar-refractivity contribution >= 4 is 17.6 Å². The molecule has 1 aromatic rings. The van der Waals surface area contributed by atoms with Crippen LogP contribution in [0.15, 0.2) is 24.3 Å². The van der Waals surface area contributed by atoms with Gasteiger partial charge in [-0.15, -0.1) is 0 Å². The van der Waals surface area contributed by atoms with Crippen molar-refractivity contribution in [3.8, 4) is 0 Å². The van der Waals surface area contributed by atoms with Crippen molar-refractivity contribution in [2.24, 2.45) is 5.73 Å². The van der Waals surface area contributed by atoms with Crippen LogP contribution in [0.5, 0.6) is 0 Å². The number of nitrogens with two attached hydrogens (primary N) is 1. The molecule has 1 rings (SSSR count). The van der Waals surface area contributed by atoms with E-state index in [1.807, 2.05) is 25.1 Å². The summed E-state index contributed by atoms with van der Waals surface area (Å²) in [5, 5.41) is 11.3. The fraction of sp³-hybridized carbons (Fsp3) is 0.385. The van der Waals surface area contributed by atoms with E-state index in [4.69, 9.17) is 10.8 Å². The molecule has 1 aromatic carbocycles. The second kappa shape index (κ2) is 6.76. The number of aliphatic carboxylic acids is 1. The average Bonchev–Trinajstić information content (AvgIpc) is 2.36. The third kappa shape index (κ3) is 4.55. The van der Waals surface area contributed by atoms with Crippen LogP contribution in [0.25, 0.3) is 0 Å². The van der Waals surface area contributed by atoms with Gasteiger partial charge in [-0.3, -0.25) is 9.59 Å². The lowest BCUT2D eigenvalue weighted by molar-refractivity contribution is -0.138. The lowest BCUT2D eigenvalue weighted by atomic mass is 10.1. The van der Waals surface area contributed by atoms with Gasteiger partial charge in [0.2, 0.25) is 5.91 Å². The summed E-state index contributed by atoms with van der Waals surface area (Å²) < 4.78 is 0. The van der Waals surface area contributed by atoms with Gasteiger partial charge in [0.05, 0.1) is 0 Å². The zero-order valence-corrected chi connectivity index (χ0v) is 10.3. The van der Waals surface area contributed by atoms with E-state index in [0.717, 1.165) is 17.7 Å². The lowest BCUT2D eigenvalue weighted by Gasteiger charge is -2.08. The monoisotopic (exact) mass is 250 g/mol. The molecule has 0 aliphatic heterocycles. The Morgan fingerprint density at radius 1 is 1.44 bits per heavy atom. The Morgan fingerprint density at radius 2 is 2.17 bits per heavy atom. The molecule has 5 nitrogen and oxygen atoms in total. The lowest BCUT2D eigenvalue weighted by Crippen LogP contribution is -2.31. The number of hydrogen-bond donors (Lipinski definition) is 3. The van der Waals surface area contributed by atoms with Gasteiger partial charge in [0.1, 0.15) is 6.04 Å². The predicted molar refractivity (Wildman–Crippen MR) is 69.3 cm³/mol. The maximum absolute atomic E-state index is 11.6. The van der Waals surface area contributed by atoms with Crippen molar-refractivity contribution in [2.45, 2.75) is 32.2 Å². The average molecular weight is 250 g/mol. The number of carbonyl (C=O) groups is 2. The number of anilines is 1. The zero-order chi connectivity index (χ0) is 13.5. The van der Waals surface area contributed by atoms with Crippen LogP contribution >= 0.6 is 0 Å². The number of benzene rings is 1. The molecule has 98 valence electrons. The van der Waals surface area contributed by atoms with E-state index in [2.05, 4.69) is 5.32 Å². The van der Waals surface area contributed by atoms with Gasteiger partial charge in [0.25, 0.3) is 0 Å². The third-order valence-corrected chi connectivity index (χ3v) is 2.62. The van der Waals surface area contributed by atoms with E-state index >= 15 is 0 Å². The number of carboxylic acid groups (broad SMARTS) is 1. The molecular formula is C13H18N2O3. The smallest absolute Gasteiger partial charge is 0.320 e. The highest BCUT2D eigenvalue weighted by Crippen LogP contribution is 2.11. The Bertz CT molecular complexity index is 432. The summed E-state index contributed by atoms with van der Waals surface area (Å²) in [6, 6.07) is 6.56. The Balaban J connectivity index is 2.46. The molecule has 0 aliphatic carbocycles. The first-order chi connectivity index (χ1) is 8.52.